The molecule has 3 N–H and O–H groups in total. The molecule has 0 fully saturated rings. The number of nitrogens with zero attached hydrogens (tertiary/aromatic N) is 8. The zero-order chi connectivity index (χ0) is 24.0. The predicted molar refractivity (Wildman–Crippen MR) is 137 cm³/mol. The summed E-state index contributed by atoms with van der Waals surface area (Å²) in [7, 11) is 0. The smallest absolute Gasteiger partial charge is 0.157 e. The maximum atomic E-state index is 8.75. The monoisotopic (exact) mass is 485 g/mol. The summed E-state index contributed by atoms with van der Waals surface area (Å²) in [5.74, 6) is 1.61. The highest BCUT2D eigenvalue weighted by atomic mass is 32.1. The van der Waals surface area contributed by atoms with Gasteiger partial charge in [0.15, 0.2) is 5.82 Å². The summed E-state index contributed by atoms with van der Waals surface area (Å²) in [6.07, 6.45) is 4.80. The number of benzene rings is 1. The normalized spacial score (nSPS) is 11.1. The molecular formula is C23H23N11S. The van der Waals surface area contributed by atoms with Crippen LogP contribution in [-0.4, -0.2) is 43.0 Å². The molecule has 0 radical (unpaired) electrons. The zero-order valence-electron chi connectivity index (χ0n) is 19.1. The van der Waals surface area contributed by atoms with Gasteiger partial charge in [-0.3, -0.25) is 4.98 Å². The van der Waals surface area contributed by atoms with E-state index in [1.165, 1.54) is 11.9 Å². The molecule has 12 heteroatoms. The number of imidazole rings is 1. The molecule has 0 amide bonds. The van der Waals surface area contributed by atoms with Gasteiger partial charge in [-0.2, -0.15) is 0 Å². The number of fused-ring (bicyclic) bond motifs is 2. The largest absolute Gasteiger partial charge is 0.362 e. The minimum Gasteiger partial charge on any atom is -0.362 e. The van der Waals surface area contributed by atoms with Crippen molar-refractivity contribution < 1.29 is 0 Å². The molecule has 4 heterocycles. The number of hydrogen-bond acceptors (Lipinski definition) is 9. The van der Waals surface area contributed by atoms with Gasteiger partial charge in [0.25, 0.3) is 0 Å². The highest BCUT2D eigenvalue weighted by Gasteiger charge is 2.12. The van der Waals surface area contributed by atoms with E-state index in [9.17, 15) is 0 Å². The molecule has 1 aromatic carbocycles. The minimum atomic E-state index is 0.358. The summed E-state index contributed by atoms with van der Waals surface area (Å²) >= 11 is 1.56. The van der Waals surface area contributed by atoms with E-state index in [0.29, 0.717) is 23.7 Å². The number of rotatable bonds is 10. The van der Waals surface area contributed by atoms with E-state index < -0.39 is 0 Å². The van der Waals surface area contributed by atoms with Crippen molar-refractivity contribution in [2.45, 2.75) is 26.3 Å². The summed E-state index contributed by atoms with van der Waals surface area (Å²) in [4.78, 5) is 29.5. The predicted octanol–water partition coefficient (Wildman–Crippen LogP) is 4.59. The number of pyridine rings is 1. The van der Waals surface area contributed by atoms with Crippen LogP contribution in [-0.2, 0) is 19.4 Å². The molecule has 5 rings (SSSR count). The minimum absolute atomic E-state index is 0.358. The lowest BCUT2D eigenvalue weighted by atomic mass is 10.2. The lowest BCUT2D eigenvalue weighted by molar-refractivity contribution is 0.670. The van der Waals surface area contributed by atoms with Gasteiger partial charge in [-0.15, -0.1) is 0 Å². The second kappa shape index (κ2) is 10.4. The topological polar surface area (TPSA) is 153 Å². The van der Waals surface area contributed by atoms with Gasteiger partial charge in [0.05, 0.1) is 34.0 Å². The first-order valence-corrected chi connectivity index (χ1v) is 12.0. The van der Waals surface area contributed by atoms with Gasteiger partial charge in [0.2, 0.25) is 0 Å². The number of aryl methyl sites for hydroxylation is 1. The third kappa shape index (κ3) is 5.35. The van der Waals surface area contributed by atoms with Gasteiger partial charge >= 0.3 is 0 Å². The SMILES string of the molecule is Cc1ccc2nc(CCNCCc3nc4c(NCc5ncccc5N=[N+]=[N-])ncnc4s3)[nH]c2c1. The fraction of sp³-hybridized carbons (Fsp3) is 0.261. The second-order valence-corrected chi connectivity index (χ2v) is 9.01. The van der Waals surface area contributed by atoms with Crippen LogP contribution < -0.4 is 10.6 Å². The average molecular weight is 486 g/mol. The van der Waals surface area contributed by atoms with Crippen LogP contribution in [0.25, 0.3) is 31.8 Å². The molecular weight excluding hydrogens is 462 g/mol. The Morgan fingerprint density at radius 1 is 1.11 bits per heavy atom. The van der Waals surface area contributed by atoms with Gasteiger partial charge in [0.1, 0.15) is 22.5 Å². The molecule has 0 unspecified atom stereocenters. The van der Waals surface area contributed by atoms with Gasteiger partial charge in [0, 0.05) is 37.0 Å². The van der Waals surface area contributed by atoms with Crippen LogP contribution in [0, 0.1) is 6.92 Å². The fourth-order valence-electron chi connectivity index (χ4n) is 3.73. The number of thiazole rings is 1. The molecule has 0 saturated carbocycles. The highest BCUT2D eigenvalue weighted by molar-refractivity contribution is 7.18. The first kappa shape index (κ1) is 22.7. The van der Waals surface area contributed by atoms with Crippen molar-refractivity contribution in [3.05, 3.63) is 75.4 Å². The van der Waals surface area contributed by atoms with E-state index in [1.807, 2.05) is 6.07 Å². The number of azide groups is 1. The molecule has 0 aliphatic rings. The molecule has 0 saturated heterocycles. The lowest BCUT2D eigenvalue weighted by Gasteiger charge is -2.07. The third-order valence-corrected chi connectivity index (χ3v) is 6.45. The van der Waals surface area contributed by atoms with Crippen molar-refractivity contribution >= 4 is 44.2 Å². The number of H-pyrrole nitrogens is 1. The van der Waals surface area contributed by atoms with Crippen molar-refractivity contribution in [2.24, 2.45) is 5.11 Å². The molecule has 11 nitrogen and oxygen atoms in total. The Balaban J connectivity index is 1.16. The maximum Gasteiger partial charge on any atom is 0.157 e. The van der Waals surface area contributed by atoms with Crippen molar-refractivity contribution in [2.75, 3.05) is 18.4 Å². The Morgan fingerprint density at radius 2 is 2.03 bits per heavy atom. The van der Waals surface area contributed by atoms with Gasteiger partial charge in [-0.1, -0.05) is 22.5 Å². The molecule has 4 aromatic heterocycles. The van der Waals surface area contributed by atoms with E-state index in [4.69, 9.17) is 10.5 Å². The van der Waals surface area contributed by atoms with Gasteiger partial charge < -0.3 is 15.6 Å². The quantitative estimate of drug-likeness (QED) is 0.113. The van der Waals surface area contributed by atoms with Crippen LogP contribution in [0.5, 0.6) is 0 Å². The Kier molecular flexibility index (Phi) is 6.75. The molecule has 5 aromatic rings. The lowest BCUT2D eigenvalue weighted by Crippen LogP contribution is -2.20. The number of hydrogen-bond donors (Lipinski definition) is 3. The standard InChI is InChI=1S/C23H23N11S/c1-14-4-5-15-17(11-14)31-19(30-15)6-9-25-10-7-20-32-21-22(28-13-29-23(21)35-20)27-12-18-16(33-34-24)3-2-8-26-18/h2-5,8,11,13,25H,6-7,9-10,12H2,1H3,(H,30,31)(H,27,28,29). The molecule has 0 aliphatic carbocycles. The van der Waals surface area contributed by atoms with Crippen LogP contribution in [0.1, 0.15) is 22.1 Å². The van der Waals surface area contributed by atoms with Crippen LogP contribution >= 0.6 is 11.3 Å². The Morgan fingerprint density at radius 3 is 2.94 bits per heavy atom. The van der Waals surface area contributed by atoms with Crippen LogP contribution in [0.4, 0.5) is 11.5 Å². The second-order valence-electron chi connectivity index (χ2n) is 7.95. The Bertz CT molecular complexity index is 1520. The third-order valence-electron chi connectivity index (χ3n) is 5.42. The highest BCUT2D eigenvalue weighted by Crippen LogP contribution is 2.26. The summed E-state index contributed by atoms with van der Waals surface area (Å²) in [5.41, 5.74) is 13.9. The first-order valence-electron chi connectivity index (χ1n) is 11.2. The Labute approximate surface area is 204 Å². The van der Waals surface area contributed by atoms with Gasteiger partial charge in [-0.25, -0.2) is 19.9 Å². The number of nitrogens with one attached hydrogen (secondary N) is 3. The zero-order valence-corrected chi connectivity index (χ0v) is 19.9. The molecule has 0 aliphatic heterocycles. The Hall–Kier alpha value is -4.12. The molecule has 0 spiro atoms. The van der Waals surface area contributed by atoms with E-state index in [0.717, 1.165) is 58.1 Å². The van der Waals surface area contributed by atoms with E-state index >= 15 is 0 Å². The van der Waals surface area contributed by atoms with Crippen molar-refractivity contribution in [1.29, 1.82) is 0 Å². The maximum absolute atomic E-state index is 8.75. The average Bonchev–Trinajstić information content (AvgIpc) is 3.46. The summed E-state index contributed by atoms with van der Waals surface area (Å²) in [5, 5.41) is 11.4. The van der Waals surface area contributed by atoms with Crippen molar-refractivity contribution in [3.8, 4) is 0 Å². The summed E-state index contributed by atoms with van der Waals surface area (Å²) in [6, 6.07) is 9.70. The summed E-state index contributed by atoms with van der Waals surface area (Å²) in [6.45, 7) is 4.07. The van der Waals surface area contributed by atoms with E-state index in [1.54, 1.807) is 29.7 Å². The molecule has 176 valence electrons. The van der Waals surface area contributed by atoms with E-state index in [2.05, 4.69) is 64.6 Å². The number of anilines is 1. The summed E-state index contributed by atoms with van der Waals surface area (Å²) < 4.78 is 0. The molecule has 0 atom stereocenters. The molecule has 0 bridgehead atoms. The van der Waals surface area contributed by atoms with Crippen LogP contribution in [0.2, 0.25) is 0 Å². The number of aromatic nitrogens is 6. The van der Waals surface area contributed by atoms with Crippen LogP contribution in [0.15, 0.2) is 48.0 Å². The van der Waals surface area contributed by atoms with Crippen LogP contribution in [0.3, 0.4) is 0 Å². The number of aromatic amines is 1. The van der Waals surface area contributed by atoms with Crippen molar-refractivity contribution in [1.82, 2.24) is 35.2 Å². The van der Waals surface area contributed by atoms with E-state index in [-0.39, 0.29) is 0 Å². The van der Waals surface area contributed by atoms with Crippen molar-refractivity contribution in [3.63, 3.8) is 0 Å². The fourth-order valence-corrected chi connectivity index (χ4v) is 4.63. The van der Waals surface area contributed by atoms with Gasteiger partial charge in [-0.05, 0) is 42.3 Å². The first-order chi connectivity index (χ1) is 17.2. The molecule has 35 heavy (non-hydrogen) atoms.